The van der Waals surface area contributed by atoms with E-state index in [0.29, 0.717) is 0 Å². The Balaban J connectivity index is 2.40. The SMILES string of the molecule is C#Cc1ccc(-c2ccc(Cl)cc2)s1. The highest BCUT2D eigenvalue weighted by Crippen LogP contribution is 2.28. The van der Waals surface area contributed by atoms with Gasteiger partial charge in [-0.25, -0.2) is 0 Å². The first-order chi connectivity index (χ1) is 6.79. The molecule has 2 rings (SSSR count). The monoisotopic (exact) mass is 218 g/mol. The van der Waals surface area contributed by atoms with Crippen molar-refractivity contribution in [3.05, 3.63) is 46.3 Å². The van der Waals surface area contributed by atoms with Crippen LogP contribution in [0.4, 0.5) is 0 Å². The van der Waals surface area contributed by atoms with Crippen LogP contribution < -0.4 is 0 Å². The van der Waals surface area contributed by atoms with Gasteiger partial charge in [0.1, 0.15) is 0 Å². The van der Waals surface area contributed by atoms with Crippen molar-refractivity contribution in [2.75, 3.05) is 0 Å². The van der Waals surface area contributed by atoms with Crippen molar-refractivity contribution in [2.24, 2.45) is 0 Å². The zero-order valence-electron chi connectivity index (χ0n) is 7.33. The molecule has 0 saturated heterocycles. The third-order valence-corrected chi connectivity index (χ3v) is 3.19. The Morgan fingerprint density at radius 3 is 2.36 bits per heavy atom. The van der Waals surface area contributed by atoms with Gasteiger partial charge in [0.25, 0.3) is 0 Å². The van der Waals surface area contributed by atoms with E-state index in [2.05, 4.69) is 5.92 Å². The van der Waals surface area contributed by atoms with Gasteiger partial charge in [-0.3, -0.25) is 0 Å². The molecule has 68 valence electrons. The minimum absolute atomic E-state index is 0.752. The Labute approximate surface area is 92.2 Å². The van der Waals surface area contributed by atoms with Crippen LogP contribution in [0.15, 0.2) is 36.4 Å². The Hall–Kier alpha value is -1.23. The molecule has 0 spiro atoms. The number of rotatable bonds is 1. The van der Waals surface area contributed by atoms with E-state index in [1.54, 1.807) is 11.3 Å². The van der Waals surface area contributed by atoms with Gasteiger partial charge < -0.3 is 0 Å². The fraction of sp³-hybridized carbons (Fsp3) is 0. The molecule has 1 heterocycles. The van der Waals surface area contributed by atoms with E-state index < -0.39 is 0 Å². The fourth-order valence-electron chi connectivity index (χ4n) is 1.18. The van der Waals surface area contributed by atoms with Gasteiger partial charge in [-0.1, -0.05) is 29.7 Å². The number of hydrogen-bond acceptors (Lipinski definition) is 1. The number of thiophene rings is 1. The molecule has 0 atom stereocenters. The molecule has 0 fully saturated rings. The van der Waals surface area contributed by atoms with Crippen LogP contribution in [0.25, 0.3) is 10.4 Å². The summed E-state index contributed by atoms with van der Waals surface area (Å²) in [4.78, 5) is 2.13. The van der Waals surface area contributed by atoms with Crippen LogP contribution in [0.5, 0.6) is 0 Å². The average molecular weight is 219 g/mol. The Morgan fingerprint density at radius 1 is 1.07 bits per heavy atom. The lowest BCUT2D eigenvalue weighted by molar-refractivity contribution is 1.70. The summed E-state index contributed by atoms with van der Waals surface area (Å²) in [5.41, 5.74) is 1.15. The van der Waals surface area contributed by atoms with Crippen molar-refractivity contribution in [1.82, 2.24) is 0 Å². The number of benzene rings is 1. The molecule has 0 bridgehead atoms. The fourth-order valence-corrected chi connectivity index (χ4v) is 2.13. The summed E-state index contributed by atoms with van der Waals surface area (Å²) in [5.74, 6) is 2.62. The molecular formula is C12H7ClS. The van der Waals surface area contributed by atoms with Crippen LogP contribution in [-0.2, 0) is 0 Å². The predicted molar refractivity (Wildman–Crippen MR) is 62.7 cm³/mol. The standard InChI is InChI=1S/C12H7ClS/c1-2-11-7-8-12(14-11)9-3-5-10(13)6-4-9/h1,3-8H. The summed E-state index contributed by atoms with van der Waals surface area (Å²) in [7, 11) is 0. The van der Waals surface area contributed by atoms with Crippen LogP contribution in [0, 0.1) is 12.3 Å². The van der Waals surface area contributed by atoms with Crippen LogP contribution in [0.1, 0.15) is 4.88 Å². The summed E-state index contributed by atoms with van der Waals surface area (Å²) >= 11 is 7.42. The van der Waals surface area contributed by atoms with Gasteiger partial charge in [-0.2, -0.15) is 0 Å². The molecule has 2 aromatic rings. The number of halogens is 1. The van der Waals surface area contributed by atoms with E-state index in [1.807, 2.05) is 36.4 Å². The molecule has 0 radical (unpaired) electrons. The molecule has 1 aromatic carbocycles. The topological polar surface area (TPSA) is 0 Å². The maximum Gasteiger partial charge on any atom is 0.0772 e. The smallest absolute Gasteiger partial charge is 0.0772 e. The van der Waals surface area contributed by atoms with Crippen molar-refractivity contribution >= 4 is 22.9 Å². The quantitative estimate of drug-likeness (QED) is 0.634. The van der Waals surface area contributed by atoms with Gasteiger partial charge in [0, 0.05) is 9.90 Å². The van der Waals surface area contributed by atoms with Crippen molar-refractivity contribution in [1.29, 1.82) is 0 Å². The summed E-state index contributed by atoms with van der Waals surface area (Å²) in [6.07, 6.45) is 5.30. The Bertz CT molecular complexity index is 474. The lowest BCUT2D eigenvalue weighted by Crippen LogP contribution is -1.69. The maximum atomic E-state index is 5.80. The highest BCUT2D eigenvalue weighted by atomic mass is 35.5. The first-order valence-corrected chi connectivity index (χ1v) is 5.31. The highest BCUT2D eigenvalue weighted by molar-refractivity contribution is 7.16. The van der Waals surface area contributed by atoms with Gasteiger partial charge in [0.15, 0.2) is 0 Å². The molecule has 0 nitrogen and oxygen atoms in total. The predicted octanol–water partition coefficient (Wildman–Crippen LogP) is 4.05. The van der Waals surface area contributed by atoms with Gasteiger partial charge in [-0.05, 0) is 29.8 Å². The Morgan fingerprint density at radius 2 is 1.79 bits per heavy atom. The lowest BCUT2D eigenvalue weighted by Gasteiger charge is -1.95. The van der Waals surface area contributed by atoms with E-state index >= 15 is 0 Å². The van der Waals surface area contributed by atoms with E-state index in [-0.39, 0.29) is 0 Å². The second-order valence-electron chi connectivity index (χ2n) is 2.82. The van der Waals surface area contributed by atoms with Crippen molar-refractivity contribution in [3.63, 3.8) is 0 Å². The van der Waals surface area contributed by atoms with Gasteiger partial charge in [0.05, 0.1) is 4.88 Å². The molecule has 1 aromatic heterocycles. The first kappa shape index (κ1) is 9.33. The van der Waals surface area contributed by atoms with E-state index in [9.17, 15) is 0 Å². The number of terminal acetylenes is 1. The van der Waals surface area contributed by atoms with E-state index in [4.69, 9.17) is 18.0 Å². The van der Waals surface area contributed by atoms with E-state index in [1.165, 1.54) is 4.88 Å². The molecular weight excluding hydrogens is 212 g/mol. The third kappa shape index (κ3) is 1.82. The zero-order chi connectivity index (χ0) is 9.97. The third-order valence-electron chi connectivity index (χ3n) is 1.88. The highest BCUT2D eigenvalue weighted by Gasteiger charge is 2.00. The van der Waals surface area contributed by atoms with Crippen LogP contribution in [-0.4, -0.2) is 0 Å². The number of hydrogen-bond donors (Lipinski definition) is 0. The summed E-state index contributed by atoms with van der Waals surface area (Å²) in [6, 6.07) is 11.7. The van der Waals surface area contributed by atoms with Crippen molar-refractivity contribution in [2.45, 2.75) is 0 Å². The first-order valence-electron chi connectivity index (χ1n) is 4.12. The zero-order valence-corrected chi connectivity index (χ0v) is 8.90. The van der Waals surface area contributed by atoms with Gasteiger partial charge in [-0.15, -0.1) is 17.8 Å². The maximum absolute atomic E-state index is 5.80. The summed E-state index contributed by atoms with van der Waals surface area (Å²) < 4.78 is 0. The van der Waals surface area contributed by atoms with Crippen LogP contribution >= 0.6 is 22.9 Å². The minimum atomic E-state index is 0.752. The lowest BCUT2D eigenvalue weighted by atomic mass is 10.2. The molecule has 0 aliphatic carbocycles. The molecule has 0 aliphatic heterocycles. The van der Waals surface area contributed by atoms with Crippen molar-refractivity contribution in [3.8, 4) is 22.8 Å². The van der Waals surface area contributed by atoms with Gasteiger partial charge >= 0.3 is 0 Å². The average Bonchev–Trinajstić information content (AvgIpc) is 2.67. The second kappa shape index (κ2) is 3.88. The normalized spacial score (nSPS) is 9.71. The molecule has 0 N–H and O–H groups in total. The molecule has 0 saturated carbocycles. The molecule has 2 heteroatoms. The van der Waals surface area contributed by atoms with Crippen molar-refractivity contribution < 1.29 is 0 Å². The molecule has 0 unspecified atom stereocenters. The van der Waals surface area contributed by atoms with Crippen LogP contribution in [0.3, 0.4) is 0 Å². The second-order valence-corrected chi connectivity index (χ2v) is 4.34. The molecule has 0 amide bonds. The minimum Gasteiger partial charge on any atom is -0.127 e. The van der Waals surface area contributed by atoms with E-state index in [0.717, 1.165) is 15.5 Å². The summed E-state index contributed by atoms with van der Waals surface area (Å²) in [5, 5.41) is 0.752. The Kier molecular flexibility index (Phi) is 2.58. The summed E-state index contributed by atoms with van der Waals surface area (Å²) in [6.45, 7) is 0. The molecule has 0 aliphatic rings. The van der Waals surface area contributed by atoms with Crippen LogP contribution in [0.2, 0.25) is 5.02 Å². The van der Waals surface area contributed by atoms with Gasteiger partial charge in [0.2, 0.25) is 0 Å². The molecule has 14 heavy (non-hydrogen) atoms. The largest absolute Gasteiger partial charge is 0.127 e.